The molecule has 0 saturated heterocycles. The second kappa shape index (κ2) is 7.05. The molecule has 0 spiro atoms. The Morgan fingerprint density at radius 2 is 2.05 bits per heavy atom. The minimum absolute atomic E-state index is 0.0530. The number of primary amides is 1. The van der Waals surface area contributed by atoms with Crippen LogP contribution in [-0.4, -0.2) is 26.9 Å². The van der Waals surface area contributed by atoms with E-state index in [0.717, 1.165) is 0 Å². The van der Waals surface area contributed by atoms with Crippen molar-refractivity contribution in [1.82, 2.24) is 4.72 Å². The third-order valence-corrected chi connectivity index (χ3v) is 4.01. The lowest BCUT2D eigenvalue weighted by Gasteiger charge is -2.13. The summed E-state index contributed by atoms with van der Waals surface area (Å²) in [5, 5.41) is 0. The summed E-state index contributed by atoms with van der Waals surface area (Å²) in [6.07, 6.45) is -0.0735. The van der Waals surface area contributed by atoms with Gasteiger partial charge in [0.15, 0.2) is 0 Å². The maximum atomic E-state index is 12.2. The molecular formula is C13H17N3O3S. The van der Waals surface area contributed by atoms with Crippen LogP contribution in [0.1, 0.15) is 18.9 Å². The van der Waals surface area contributed by atoms with Gasteiger partial charge in [-0.05, 0) is 19.1 Å². The van der Waals surface area contributed by atoms with E-state index in [1.165, 1.54) is 6.07 Å². The van der Waals surface area contributed by atoms with Crippen LogP contribution >= 0.6 is 0 Å². The van der Waals surface area contributed by atoms with Crippen molar-refractivity contribution in [3.63, 3.8) is 0 Å². The average molecular weight is 295 g/mol. The predicted octanol–water partition coefficient (Wildman–Crippen LogP) is -0.461. The van der Waals surface area contributed by atoms with Gasteiger partial charge in [0.05, 0.1) is 11.4 Å². The van der Waals surface area contributed by atoms with Crippen molar-refractivity contribution in [1.29, 1.82) is 0 Å². The molecule has 0 saturated carbocycles. The summed E-state index contributed by atoms with van der Waals surface area (Å²) in [5.41, 5.74) is 10.7. The number of benzene rings is 1. The molecule has 7 heteroatoms. The summed E-state index contributed by atoms with van der Waals surface area (Å²) in [4.78, 5) is 10.8. The first kappa shape index (κ1) is 16.2. The lowest BCUT2D eigenvalue weighted by molar-refractivity contribution is -0.118. The Hall–Kier alpha value is -1.88. The van der Waals surface area contributed by atoms with E-state index < -0.39 is 22.0 Å². The van der Waals surface area contributed by atoms with E-state index in [1.807, 2.05) is 0 Å². The number of hydrogen-bond acceptors (Lipinski definition) is 4. The van der Waals surface area contributed by atoms with Crippen molar-refractivity contribution in [3.05, 3.63) is 29.8 Å². The Kier molecular flexibility index (Phi) is 5.70. The number of carbonyl (C=O) groups is 1. The van der Waals surface area contributed by atoms with Gasteiger partial charge in [-0.1, -0.05) is 24.0 Å². The molecule has 0 aliphatic heterocycles. The molecule has 1 aromatic carbocycles. The highest BCUT2D eigenvalue weighted by atomic mass is 32.2. The molecule has 1 amide bonds. The molecule has 6 nitrogen and oxygen atoms in total. The Morgan fingerprint density at radius 1 is 1.40 bits per heavy atom. The highest BCUT2D eigenvalue weighted by Gasteiger charge is 2.20. The topological polar surface area (TPSA) is 115 Å². The van der Waals surface area contributed by atoms with Gasteiger partial charge in [0.1, 0.15) is 0 Å². The van der Waals surface area contributed by atoms with E-state index in [-0.39, 0.29) is 17.9 Å². The predicted molar refractivity (Wildman–Crippen MR) is 76.0 cm³/mol. The molecule has 0 aromatic heterocycles. The third kappa shape index (κ3) is 4.66. The molecule has 1 rings (SSSR count). The Balaban J connectivity index is 3.07. The van der Waals surface area contributed by atoms with Crippen LogP contribution in [0.2, 0.25) is 0 Å². The molecule has 0 fully saturated rings. The van der Waals surface area contributed by atoms with Gasteiger partial charge >= 0.3 is 0 Å². The minimum atomic E-state index is -3.77. The number of nitrogens with one attached hydrogen (secondary N) is 1. The van der Waals surface area contributed by atoms with Crippen LogP contribution in [0.4, 0.5) is 0 Å². The number of sulfonamides is 1. The lowest BCUT2D eigenvalue weighted by atomic mass is 10.2. The van der Waals surface area contributed by atoms with Gasteiger partial charge in [0.2, 0.25) is 15.9 Å². The molecular weight excluding hydrogens is 278 g/mol. The fourth-order valence-electron chi connectivity index (χ4n) is 1.62. The fourth-order valence-corrected chi connectivity index (χ4v) is 3.03. The summed E-state index contributed by atoms with van der Waals surface area (Å²) >= 11 is 0. The van der Waals surface area contributed by atoms with Gasteiger partial charge in [-0.15, -0.1) is 0 Å². The monoisotopic (exact) mass is 295 g/mol. The van der Waals surface area contributed by atoms with E-state index in [4.69, 9.17) is 11.5 Å². The molecule has 5 N–H and O–H groups in total. The summed E-state index contributed by atoms with van der Waals surface area (Å²) in [5.74, 6) is 4.75. The maximum Gasteiger partial charge on any atom is 0.242 e. The zero-order valence-electron chi connectivity index (χ0n) is 11.1. The summed E-state index contributed by atoms with van der Waals surface area (Å²) in [6, 6.07) is 5.73. The molecule has 20 heavy (non-hydrogen) atoms. The molecule has 0 aliphatic carbocycles. The molecule has 0 radical (unpaired) electrons. The van der Waals surface area contributed by atoms with E-state index in [0.29, 0.717) is 5.56 Å². The molecule has 1 unspecified atom stereocenters. The number of rotatable bonds is 5. The van der Waals surface area contributed by atoms with Crippen LogP contribution in [0.5, 0.6) is 0 Å². The smallest absolute Gasteiger partial charge is 0.242 e. The molecule has 1 aromatic rings. The van der Waals surface area contributed by atoms with Crippen molar-refractivity contribution < 1.29 is 13.2 Å². The second-order valence-corrected chi connectivity index (χ2v) is 5.88. The molecule has 0 bridgehead atoms. The van der Waals surface area contributed by atoms with Crippen LogP contribution in [0.25, 0.3) is 0 Å². The number of amides is 1. The zero-order valence-corrected chi connectivity index (χ0v) is 11.9. The summed E-state index contributed by atoms with van der Waals surface area (Å²) in [7, 11) is -3.77. The molecule has 0 aliphatic rings. The molecule has 1 atom stereocenters. The van der Waals surface area contributed by atoms with E-state index in [9.17, 15) is 13.2 Å². The standard InChI is InChI=1S/C13H17N3O3S/c1-10(9-13(15)17)16-20(18,19)12-7-3-2-5-11(12)6-4-8-14/h2-3,5,7,10,16H,8-9,14H2,1H3,(H2,15,17). The van der Waals surface area contributed by atoms with Gasteiger partial charge in [-0.3, -0.25) is 4.79 Å². The van der Waals surface area contributed by atoms with Crippen molar-refractivity contribution in [3.8, 4) is 11.8 Å². The van der Waals surface area contributed by atoms with Crippen LogP contribution in [0.3, 0.4) is 0 Å². The van der Waals surface area contributed by atoms with E-state index in [1.54, 1.807) is 25.1 Å². The van der Waals surface area contributed by atoms with Crippen molar-refractivity contribution in [2.75, 3.05) is 6.54 Å². The maximum absolute atomic E-state index is 12.2. The fraction of sp³-hybridized carbons (Fsp3) is 0.308. The van der Waals surface area contributed by atoms with E-state index >= 15 is 0 Å². The number of carbonyl (C=O) groups excluding carboxylic acids is 1. The van der Waals surface area contributed by atoms with Gasteiger partial charge in [0, 0.05) is 18.0 Å². The Labute approximate surface area is 118 Å². The Bertz CT molecular complexity index is 644. The molecule has 108 valence electrons. The second-order valence-electron chi connectivity index (χ2n) is 4.19. The van der Waals surface area contributed by atoms with Crippen LogP contribution < -0.4 is 16.2 Å². The lowest BCUT2D eigenvalue weighted by Crippen LogP contribution is -2.36. The summed E-state index contributed by atoms with van der Waals surface area (Å²) in [6.45, 7) is 1.70. The van der Waals surface area contributed by atoms with Crippen molar-refractivity contribution in [2.24, 2.45) is 11.5 Å². The zero-order chi connectivity index (χ0) is 15.2. The first-order valence-corrected chi connectivity index (χ1v) is 7.43. The SMILES string of the molecule is CC(CC(N)=O)NS(=O)(=O)c1ccccc1C#CCN. The van der Waals surface area contributed by atoms with Gasteiger partial charge in [-0.2, -0.15) is 0 Å². The van der Waals surface area contributed by atoms with E-state index in [2.05, 4.69) is 16.6 Å². The number of hydrogen-bond donors (Lipinski definition) is 3. The third-order valence-electron chi connectivity index (χ3n) is 2.37. The molecule has 0 heterocycles. The normalized spacial score (nSPS) is 12.3. The highest BCUT2D eigenvalue weighted by Crippen LogP contribution is 2.15. The van der Waals surface area contributed by atoms with Gasteiger partial charge in [0.25, 0.3) is 0 Å². The minimum Gasteiger partial charge on any atom is -0.370 e. The van der Waals surface area contributed by atoms with Crippen LogP contribution in [0.15, 0.2) is 29.2 Å². The highest BCUT2D eigenvalue weighted by molar-refractivity contribution is 7.89. The average Bonchev–Trinajstić information content (AvgIpc) is 2.34. The van der Waals surface area contributed by atoms with Crippen LogP contribution in [0, 0.1) is 11.8 Å². The first-order chi connectivity index (χ1) is 9.36. The number of nitrogens with two attached hydrogens (primary N) is 2. The van der Waals surface area contributed by atoms with Crippen molar-refractivity contribution >= 4 is 15.9 Å². The van der Waals surface area contributed by atoms with Gasteiger partial charge < -0.3 is 11.5 Å². The van der Waals surface area contributed by atoms with Crippen molar-refractivity contribution in [2.45, 2.75) is 24.3 Å². The largest absolute Gasteiger partial charge is 0.370 e. The quantitative estimate of drug-likeness (QED) is 0.637. The van der Waals surface area contributed by atoms with Crippen LogP contribution in [-0.2, 0) is 14.8 Å². The first-order valence-electron chi connectivity index (χ1n) is 5.95. The van der Waals surface area contributed by atoms with Gasteiger partial charge in [-0.25, -0.2) is 13.1 Å². The summed E-state index contributed by atoms with van der Waals surface area (Å²) < 4.78 is 26.9. The Morgan fingerprint density at radius 3 is 2.65 bits per heavy atom.